The van der Waals surface area contributed by atoms with E-state index in [1.807, 2.05) is 24.3 Å². The molecule has 0 unspecified atom stereocenters. The summed E-state index contributed by atoms with van der Waals surface area (Å²) in [6, 6.07) is 7.61. The van der Waals surface area contributed by atoms with Crippen LogP contribution in [0.25, 0.3) is 0 Å². The normalized spacial score (nSPS) is 9.95. The van der Waals surface area contributed by atoms with Crippen LogP contribution in [-0.4, -0.2) is 28.2 Å². The molecule has 2 rings (SSSR count). The third-order valence-electron chi connectivity index (χ3n) is 2.52. The van der Waals surface area contributed by atoms with Crippen LogP contribution in [0.15, 0.2) is 36.7 Å². The molecule has 0 bridgehead atoms. The number of methoxy groups -OCH3 is 1. The molecule has 0 aliphatic heterocycles. The van der Waals surface area contributed by atoms with Gasteiger partial charge in [-0.2, -0.15) is 0 Å². The second-order valence-corrected chi connectivity index (χ2v) is 3.76. The van der Waals surface area contributed by atoms with E-state index in [0.29, 0.717) is 12.4 Å². The lowest BCUT2D eigenvalue weighted by atomic mass is 10.2. The zero-order valence-corrected chi connectivity index (χ0v) is 10.3. The van der Waals surface area contributed by atoms with E-state index < -0.39 is 5.97 Å². The Labute approximate surface area is 110 Å². The number of carboxylic acid groups (broad SMARTS) is 1. The summed E-state index contributed by atoms with van der Waals surface area (Å²) < 4.78 is 5.23. The molecule has 0 aliphatic rings. The van der Waals surface area contributed by atoms with Crippen LogP contribution in [0.5, 0.6) is 5.75 Å². The van der Waals surface area contributed by atoms with Gasteiger partial charge in [-0.05, 0) is 6.07 Å². The number of hydrogen-bond acceptors (Lipinski definition) is 5. The van der Waals surface area contributed by atoms with Crippen LogP contribution in [-0.2, 0) is 6.54 Å². The minimum atomic E-state index is -1.09. The molecule has 98 valence electrons. The van der Waals surface area contributed by atoms with E-state index in [0.717, 1.165) is 11.3 Å². The van der Waals surface area contributed by atoms with E-state index >= 15 is 0 Å². The van der Waals surface area contributed by atoms with Crippen LogP contribution in [0.2, 0.25) is 0 Å². The number of aromatic nitrogens is 2. The van der Waals surface area contributed by atoms with Gasteiger partial charge >= 0.3 is 5.97 Å². The third-order valence-corrected chi connectivity index (χ3v) is 2.52. The summed E-state index contributed by atoms with van der Waals surface area (Å²) in [5.74, 6) is 0.199. The molecule has 0 amide bonds. The number of nitrogens with one attached hydrogen (secondary N) is 1. The number of carbonyl (C=O) groups is 1. The molecule has 1 aromatic heterocycles. The number of anilines is 1. The smallest absolute Gasteiger partial charge is 0.356 e. The van der Waals surface area contributed by atoms with Crippen molar-refractivity contribution < 1.29 is 14.6 Å². The molecule has 6 heteroatoms. The van der Waals surface area contributed by atoms with Gasteiger partial charge in [0, 0.05) is 12.1 Å². The quantitative estimate of drug-likeness (QED) is 0.851. The van der Waals surface area contributed by atoms with Crippen molar-refractivity contribution in [3.05, 3.63) is 47.9 Å². The molecule has 0 saturated carbocycles. The van der Waals surface area contributed by atoms with Crippen LogP contribution >= 0.6 is 0 Å². The average molecular weight is 259 g/mol. The predicted molar refractivity (Wildman–Crippen MR) is 69.3 cm³/mol. The lowest BCUT2D eigenvalue weighted by molar-refractivity contribution is 0.0690. The highest BCUT2D eigenvalue weighted by Gasteiger charge is 2.05. The Morgan fingerprint density at radius 1 is 1.32 bits per heavy atom. The molecule has 0 saturated heterocycles. The van der Waals surface area contributed by atoms with Crippen molar-refractivity contribution in [3.63, 3.8) is 0 Å². The Kier molecular flexibility index (Phi) is 3.92. The van der Waals surface area contributed by atoms with Crippen molar-refractivity contribution in [1.82, 2.24) is 9.97 Å². The molecule has 1 aromatic carbocycles. The first-order valence-corrected chi connectivity index (χ1v) is 5.62. The summed E-state index contributed by atoms with van der Waals surface area (Å²) in [7, 11) is 1.61. The summed E-state index contributed by atoms with van der Waals surface area (Å²) in [5, 5.41) is 11.8. The molecule has 19 heavy (non-hydrogen) atoms. The largest absolute Gasteiger partial charge is 0.496 e. The number of benzene rings is 1. The Hall–Kier alpha value is -2.63. The molecule has 0 fully saturated rings. The molecule has 0 radical (unpaired) electrons. The first-order chi connectivity index (χ1) is 9.20. The fourth-order valence-electron chi connectivity index (χ4n) is 1.56. The molecule has 0 spiro atoms. The molecule has 6 nitrogen and oxygen atoms in total. The molecule has 0 atom stereocenters. The van der Waals surface area contributed by atoms with Crippen LogP contribution in [0, 0.1) is 0 Å². The van der Waals surface area contributed by atoms with Gasteiger partial charge in [0.15, 0.2) is 5.69 Å². The first kappa shape index (κ1) is 12.8. The van der Waals surface area contributed by atoms with Crippen molar-refractivity contribution in [2.45, 2.75) is 6.54 Å². The van der Waals surface area contributed by atoms with Crippen molar-refractivity contribution in [2.75, 3.05) is 12.4 Å². The van der Waals surface area contributed by atoms with E-state index in [4.69, 9.17) is 9.84 Å². The maximum absolute atomic E-state index is 10.6. The van der Waals surface area contributed by atoms with Gasteiger partial charge in [0.25, 0.3) is 0 Å². The SMILES string of the molecule is COc1ccccc1CNc1cnc(C(=O)O)cn1. The summed E-state index contributed by atoms with van der Waals surface area (Å²) in [4.78, 5) is 18.4. The molecular weight excluding hydrogens is 246 g/mol. The molecule has 2 N–H and O–H groups in total. The lowest BCUT2D eigenvalue weighted by Crippen LogP contribution is -2.06. The molecule has 0 aliphatic carbocycles. The Morgan fingerprint density at radius 3 is 2.74 bits per heavy atom. The fraction of sp³-hybridized carbons (Fsp3) is 0.154. The fourth-order valence-corrected chi connectivity index (χ4v) is 1.56. The number of nitrogens with zero attached hydrogens (tertiary/aromatic N) is 2. The van der Waals surface area contributed by atoms with Crippen molar-refractivity contribution in [1.29, 1.82) is 0 Å². The number of hydrogen-bond donors (Lipinski definition) is 2. The van der Waals surface area contributed by atoms with Crippen LogP contribution in [0.3, 0.4) is 0 Å². The van der Waals surface area contributed by atoms with Gasteiger partial charge < -0.3 is 15.2 Å². The number of carboxylic acids is 1. The standard InChI is InChI=1S/C13H13N3O3/c1-19-11-5-3-2-4-9(11)6-15-12-8-14-10(7-16-12)13(17)18/h2-5,7-8H,6H2,1H3,(H,15,16)(H,17,18). The monoisotopic (exact) mass is 259 g/mol. The summed E-state index contributed by atoms with van der Waals surface area (Å²) in [6.07, 6.45) is 2.60. The maximum Gasteiger partial charge on any atom is 0.356 e. The van der Waals surface area contributed by atoms with E-state index in [-0.39, 0.29) is 5.69 Å². The maximum atomic E-state index is 10.6. The van der Waals surface area contributed by atoms with Crippen molar-refractivity contribution in [3.8, 4) is 5.75 Å². The highest BCUT2D eigenvalue weighted by molar-refractivity contribution is 5.84. The van der Waals surface area contributed by atoms with Gasteiger partial charge in [0.2, 0.25) is 0 Å². The van der Waals surface area contributed by atoms with Crippen LogP contribution in [0.1, 0.15) is 16.1 Å². The molecule has 2 aromatic rings. The van der Waals surface area contributed by atoms with E-state index in [2.05, 4.69) is 15.3 Å². The second kappa shape index (κ2) is 5.81. The highest BCUT2D eigenvalue weighted by Crippen LogP contribution is 2.18. The van der Waals surface area contributed by atoms with Gasteiger partial charge in [0.1, 0.15) is 11.6 Å². The minimum Gasteiger partial charge on any atom is -0.496 e. The van der Waals surface area contributed by atoms with E-state index in [1.54, 1.807) is 7.11 Å². The summed E-state index contributed by atoms with van der Waals surface area (Å²) >= 11 is 0. The van der Waals surface area contributed by atoms with Gasteiger partial charge in [-0.1, -0.05) is 18.2 Å². The van der Waals surface area contributed by atoms with Crippen LogP contribution in [0.4, 0.5) is 5.82 Å². The first-order valence-electron chi connectivity index (χ1n) is 5.62. The highest BCUT2D eigenvalue weighted by atomic mass is 16.5. The zero-order valence-electron chi connectivity index (χ0n) is 10.3. The summed E-state index contributed by atoms with van der Waals surface area (Å²) in [6.45, 7) is 0.519. The van der Waals surface area contributed by atoms with E-state index in [1.165, 1.54) is 12.4 Å². The number of aromatic carboxylic acids is 1. The Morgan fingerprint density at radius 2 is 2.11 bits per heavy atom. The average Bonchev–Trinajstić information content (AvgIpc) is 2.45. The van der Waals surface area contributed by atoms with E-state index in [9.17, 15) is 4.79 Å². The number of para-hydroxylation sites is 1. The van der Waals surface area contributed by atoms with Crippen molar-refractivity contribution in [2.24, 2.45) is 0 Å². The van der Waals surface area contributed by atoms with Crippen molar-refractivity contribution >= 4 is 11.8 Å². The van der Waals surface area contributed by atoms with Crippen LogP contribution < -0.4 is 10.1 Å². The lowest BCUT2D eigenvalue weighted by Gasteiger charge is -2.09. The zero-order chi connectivity index (χ0) is 13.7. The topological polar surface area (TPSA) is 84.3 Å². The third kappa shape index (κ3) is 3.19. The second-order valence-electron chi connectivity index (χ2n) is 3.76. The predicted octanol–water partition coefficient (Wildman–Crippen LogP) is 1.80. The van der Waals surface area contributed by atoms with Gasteiger partial charge in [0.05, 0.1) is 19.5 Å². The molecule has 1 heterocycles. The summed E-state index contributed by atoms with van der Waals surface area (Å²) in [5.41, 5.74) is 0.900. The Bertz CT molecular complexity index is 570. The van der Waals surface area contributed by atoms with Gasteiger partial charge in [-0.3, -0.25) is 0 Å². The Balaban J connectivity index is 2.04. The minimum absolute atomic E-state index is 0.0807. The number of rotatable bonds is 5. The van der Waals surface area contributed by atoms with Gasteiger partial charge in [-0.25, -0.2) is 14.8 Å². The number of ether oxygens (including phenoxy) is 1. The molecular formula is C13H13N3O3. The van der Waals surface area contributed by atoms with Gasteiger partial charge in [-0.15, -0.1) is 0 Å².